The van der Waals surface area contributed by atoms with E-state index in [2.05, 4.69) is 18.4 Å². The first-order chi connectivity index (χ1) is 13.9. The molecule has 5 heteroatoms. The number of hydrogen-bond donors (Lipinski definition) is 0. The summed E-state index contributed by atoms with van der Waals surface area (Å²) in [6.45, 7) is 10.2. The fraction of sp³-hybridized carbons (Fsp3) is 0.875. The SMILES string of the molecule is C=C1C[C@]23CC[C@H]1C[C@H]2[C@]12CCC[C@]4(C)C1[C@H](OC(C)=O)[C@H]3OC2N1CCO[C@H]14. The zero-order chi connectivity index (χ0) is 19.8. The molecule has 9 aliphatic rings. The Morgan fingerprint density at radius 1 is 1.28 bits per heavy atom. The highest BCUT2D eigenvalue weighted by atomic mass is 16.6. The Labute approximate surface area is 173 Å². The summed E-state index contributed by atoms with van der Waals surface area (Å²) >= 11 is 0. The first kappa shape index (κ1) is 17.7. The van der Waals surface area contributed by atoms with Gasteiger partial charge in [-0.2, -0.15) is 0 Å². The van der Waals surface area contributed by atoms with Crippen molar-refractivity contribution in [3.05, 3.63) is 12.2 Å². The number of carbonyl (C=O) groups excluding carboxylic acids is 1. The van der Waals surface area contributed by atoms with Gasteiger partial charge in [0.15, 0.2) is 0 Å². The predicted octanol–water partition coefficient (Wildman–Crippen LogP) is 3.48. The molecule has 0 aromatic heterocycles. The van der Waals surface area contributed by atoms with E-state index >= 15 is 0 Å². The van der Waals surface area contributed by atoms with Crippen LogP contribution < -0.4 is 0 Å². The molecule has 0 aromatic rings. The van der Waals surface area contributed by atoms with Crippen molar-refractivity contribution in [3.8, 4) is 0 Å². The molecule has 29 heavy (non-hydrogen) atoms. The van der Waals surface area contributed by atoms with E-state index in [9.17, 15) is 4.79 Å². The van der Waals surface area contributed by atoms with Crippen LogP contribution in [0.2, 0.25) is 0 Å². The van der Waals surface area contributed by atoms with Gasteiger partial charge in [0.1, 0.15) is 24.7 Å². The average molecular weight is 400 g/mol. The van der Waals surface area contributed by atoms with Crippen LogP contribution in [0, 0.1) is 34.0 Å². The molecule has 5 nitrogen and oxygen atoms in total. The number of ether oxygens (including phenoxy) is 3. The molecule has 0 N–H and O–H groups in total. The van der Waals surface area contributed by atoms with E-state index in [-0.39, 0.29) is 46.9 Å². The van der Waals surface area contributed by atoms with Crippen LogP contribution in [-0.4, -0.2) is 48.7 Å². The molecule has 0 aromatic carbocycles. The molecule has 158 valence electrons. The fourth-order valence-corrected chi connectivity index (χ4v) is 10.1. The molecule has 4 aliphatic heterocycles. The smallest absolute Gasteiger partial charge is 0.303 e. The summed E-state index contributed by atoms with van der Waals surface area (Å²) in [7, 11) is 0. The van der Waals surface area contributed by atoms with Gasteiger partial charge in [-0.1, -0.05) is 25.5 Å². The van der Waals surface area contributed by atoms with Crippen molar-refractivity contribution in [3.63, 3.8) is 0 Å². The molecule has 0 amide bonds. The highest BCUT2D eigenvalue weighted by molar-refractivity contribution is 5.66. The summed E-state index contributed by atoms with van der Waals surface area (Å²) < 4.78 is 19.6. The highest BCUT2D eigenvalue weighted by Gasteiger charge is 2.82. The van der Waals surface area contributed by atoms with E-state index in [0.29, 0.717) is 17.8 Å². The van der Waals surface area contributed by atoms with Gasteiger partial charge in [-0.3, -0.25) is 4.79 Å². The van der Waals surface area contributed by atoms with Gasteiger partial charge in [0.25, 0.3) is 0 Å². The van der Waals surface area contributed by atoms with Crippen molar-refractivity contribution < 1.29 is 19.0 Å². The Bertz CT molecular complexity index is 813. The first-order valence-electron chi connectivity index (χ1n) is 11.8. The normalized spacial score (nSPS) is 59.4. The van der Waals surface area contributed by atoms with Gasteiger partial charge in [-0.05, 0) is 50.4 Å². The van der Waals surface area contributed by atoms with E-state index < -0.39 is 0 Å². The Morgan fingerprint density at radius 3 is 2.93 bits per heavy atom. The van der Waals surface area contributed by atoms with Crippen molar-refractivity contribution in [2.24, 2.45) is 34.0 Å². The lowest BCUT2D eigenvalue weighted by molar-refractivity contribution is -0.438. The van der Waals surface area contributed by atoms with Crippen LogP contribution in [0.5, 0.6) is 0 Å². The zero-order valence-corrected chi connectivity index (χ0v) is 17.7. The van der Waals surface area contributed by atoms with Crippen LogP contribution >= 0.6 is 0 Å². The summed E-state index contributed by atoms with van der Waals surface area (Å²) in [5, 5.41) is 0. The summed E-state index contributed by atoms with van der Waals surface area (Å²) in [4.78, 5) is 14.9. The number of allylic oxidation sites excluding steroid dienone is 1. The largest absolute Gasteiger partial charge is 0.459 e. The second-order valence-electron chi connectivity index (χ2n) is 11.5. The minimum Gasteiger partial charge on any atom is -0.459 e. The maximum atomic E-state index is 12.3. The van der Waals surface area contributed by atoms with E-state index in [1.165, 1.54) is 37.7 Å². The number of rotatable bonds is 1. The Balaban J connectivity index is 1.47. The minimum atomic E-state index is -0.160. The van der Waals surface area contributed by atoms with Gasteiger partial charge >= 0.3 is 5.97 Å². The number of piperidine rings is 1. The van der Waals surface area contributed by atoms with Crippen molar-refractivity contribution in [1.29, 1.82) is 0 Å². The van der Waals surface area contributed by atoms with Crippen LogP contribution in [0.15, 0.2) is 12.2 Å². The first-order valence-corrected chi connectivity index (χ1v) is 11.8. The van der Waals surface area contributed by atoms with Crippen LogP contribution in [0.1, 0.15) is 58.8 Å². The standard InChI is InChI=1S/C24H33NO4/c1-13-12-23-8-5-15(13)11-16(23)24-7-4-6-22(3)18(24)17(28-14(2)26)19(23)29-21(24)25-9-10-27-20(22)25/h15-21H,1,4-12H2,2-3H3/t15-,16+,17-,18?,19+,20-,21?,22+,23+,24+/m0/s1. The summed E-state index contributed by atoms with van der Waals surface area (Å²) in [6, 6.07) is 0. The molecule has 2 spiro atoms. The molecule has 4 heterocycles. The molecule has 9 fully saturated rings. The zero-order valence-electron chi connectivity index (χ0n) is 17.7. The molecule has 0 radical (unpaired) electrons. The molecule has 10 atom stereocenters. The molecule has 2 unspecified atom stereocenters. The minimum absolute atomic E-state index is 0.00486. The summed E-state index contributed by atoms with van der Waals surface area (Å²) in [6.07, 6.45) is 8.49. The molecule has 5 aliphatic carbocycles. The van der Waals surface area contributed by atoms with Gasteiger partial charge in [0, 0.05) is 35.6 Å². The molecule has 5 saturated carbocycles. The van der Waals surface area contributed by atoms with Crippen molar-refractivity contribution in [2.45, 2.75) is 83.5 Å². The second kappa shape index (κ2) is 5.28. The molecule has 9 rings (SSSR count). The third-order valence-electron chi connectivity index (χ3n) is 10.6. The summed E-state index contributed by atoms with van der Waals surface area (Å²) in [5.41, 5.74) is 1.66. The number of esters is 1. The second-order valence-corrected chi connectivity index (χ2v) is 11.5. The Morgan fingerprint density at radius 2 is 2.14 bits per heavy atom. The number of carbonyl (C=O) groups is 1. The van der Waals surface area contributed by atoms with E-state index in [4.69, 9.17) is 14.2 Å². The molecule has 4 saturated heterocycles. The third-order valence-corrected chi connectivity index (χ3v) is 10.6. The molecular formula is C24H33NO4. The number of nitrogens with zero attached hydrogens (tertiary/aromatic N) is 1. The predicted molar refractivity (Wildman–Crippen MR) is 106 cm³/mol. The lowest BCUT2D eigenvalue weighted by Crippen LogP contribution is -2.85. The van der Waals surface area contributed by atoms with Gasteiger partial charge in [-0.25, -0.2) is 4.90 Å². The monoisotopic (exact) mass is 399 g/mol. The summed E-state index contributed by atoms with van der Waals surface area (Å²) in [5.74, 6) is 1.54. The topological polar surface area (TPSA) is 48.0 Å². The third kappa shape index (κ3) is 1.77. The van der Waals surface area contributed by atoms with Crippen LogP contribution in [0.4, 0.5) is 0 Å². The van der Waals surface area contributed by atoms with Crippen molar-refractivity contribution in [1.82, 2.24) is 4.90 Å². The number of hydrogen-bond acceptors (Lipinski definition) is 5. The molecule has 7 bridgehead atoms. The van der Waals surface area contributed by atoms with Gasteiger partial charge in [0.2, 0.25) is 0 Å². The quantitative estimate of drug-likeness (QED) is 0.499. The van der Waals surface area contributed by atoms with E-state index in [1.807, 2.05) is 0 Å². The van der Waals surface area contributed by atoms with Gasteiger partial charge in [-0.15, -0.1) is 0 Å². The molecular weight excluding hydrogens is 366 g/mol. The van der Waals surface area contributed by atoms with Gasteiger partial charge < -0.3 is 14.2 Å². The van der Waals surface area contributed by atoms with Crippen molar-refractivity contribution in [2.75, 3.05) is 13.2 Å². The lowest BCUT2D eigenvalue weighted by atomic mass is 9.32. The van der Waals surface area contributed by atoms with Crippen LogP contribution in [-0.2, 0) is 19.0 Å². The van der Waals surface area contributed by atoms with Gasteiger partial charge in [0.05, 0.1) is 6.61 Å². The average Bonchev–Trinajstić information content (AvgIpc) is 3.17. The van der Waals surface area contributed by atoms with E-state index in [1.54, 1.807) is 6.92 Å². The highest BCUT2D eigenvalue weighted by Crippen LogP contribution is 2.79. The fourth-order valence-electron chi connectivity index (χ4n) is 10.1. The maximum absolute atomic E-state index is 12.3. The van der Waals surface area contributed by atoms with Crippen LogP contribution in [0.25, 0.3) is 0 Å². The lowest BCUT2D eigenvalue weighted by Gasteiger charge is -2.80. The Hall–Kier alpha value is -0.910. The Kier molecular flexibility index (Phi) is 3.23. The van der Waals surface area contributed by atoms with Crippen molar-refractivity contribution >= 4 is 5.97 Å². The number of fused-ring (bicyclic) bond motifs is 4. The van der Waals surface area contributed by atoms with E-state index in [0.717, 1.165) is 26.0 Å². The maximum Gasteiger partial charge on any atom is 0.303 e. The van der Waals surface area contributed by atoms with Crippen LogP contribution in [0.3, 0.4) is 0 Å².